The van der Waals surface area contributed by atoms with Crippen LogP contribution in [0.4, 0.5) is 0 Å². The number of nitrogens with zero attached hydrogens (tertiary/aromatic N) is 1. The Bertz CT molecular complexity index is 386. The van der Waals surface area contributed by atoms with Crippen LogP contribution < -0.4 is 10.1 Å². The van der Waals surface area contributed by atoms with Crippen LogP contribution in [-0.4, -0.2) is 17.6 Å². The Balaban J connectivity index is 2.76. The fourth-order valence-corrected chi connectivity index (χ4v) is 1.36. The highest BCUT2D eigenvalue weighted by Crippen LogP contribution is 2.17. The number of pyridine rings is 1. The number of rotatable bonds is 6. The Kier molecular flexibility index (Phi) is 5.16. The first-order chi connectivity index (χ1) is 7.99. The van der Waals surface area contributed by atoms with E-state index in [-0.39, 0.29) is 0 Å². The molecule has 0 spiro atoms. The van der Waals surface area contributed by atoms with Gasteiger partial charge in [0.2, 0.25) is 0 Å². The summed E-state index contributed by atoms with van der Waals surface area (Å²) in [5.74, 6) is 0.840. The SMILES string of the molecule is C=C(C)COc1ccc(C)nc1CNC(C)C. The lowest BCUT2D eigenvalue weighted by Gasteiger charge is -2.13. The third-order valence-electron chi connectivity index (χ3n) is 2.22. The Morgan fingerprint density at radius 1 is 1.47 bits per heavy atom. The van der Waals surface area contributed by atoms with Crippen molar-refractivity contribution in [2.75, 3.05) is 6.61 Å². The quantitative estimate of drug-likeness (QED) is 0.769. The second-order valence-corrected chi connectivity index (χ2v) is 4.68. The molecule has 0 aromatic carbocycles. The molecule has 94 valence electrons. The molecule has 0 saturated heterocycles. The average molecular weight is 234 g/mol. The summed E-state index contributed by atoms with van der Waals surface area (Å²) in [5, 5.41) is 3.35. The van der Waals surface area contributed by atoms with E-state index in [9.17, 15) is 0 Å². The van der Waals surface area contributed by atoms with Gasteiger partial charge >= 0.3 is 0 Å². The van der Waals surface area contributed by atoms with Gasteiger partial charge in [-0.25, -0.2) is 0 Å². The average Bonchev–Trinajstić information content (AvgIpc) is 2.24. The first kappa shape index (κ1) is 13.7. The second-order valence-electron chi connectivity index (χ2n) is 4.68. The van der Waals surface area contributed by atoms with Crippen molar-refractivity contribution in [1.29, 1.82) is 0 Å². The first-order valence-electron chi connectivity index (χ1n) is 5.96. The van der Waals surface area contributed by atoms with E-state index in [0.717, 1.165) is 29.3 Å². The number of nitrogens with one attached hydrogen (secondary N) is 1. The van der Waals surface area contributed by atoms with Gasteiger partial charge in [-0.05, 0) is 31.6 Å². The Hall–Kier alpha value is -1.35. The van der Waals surface area contributed by atoms with E-state index in [1.54, 1.807) is 0 Å². The zero-order valence-corrected chi connectivity index (χ0v) is 11.2. The summed E-state index contributed by atoms with van der Waals surface area (Å²) in [6.45, 7) is 13.3. The highest BCUT2D eigenvalue weighted by molar-refractivity contribution is 5.29. The van der Waals surface area contributed by atoms with Crippen molar-refractivity contribution in [3.63, 3.8) is 0 Å². The van der Waals surface area contributed by atoms with Gasteiger partial charge in [-0.3, -0.25) is 4.98 Å². The van der Waals surface area contributed by atoms with Gasteiger partial charge in [-0.2, -0.15) is 0 Å². The third kappa shape index (κ3) is 5.00. The van der Waals surface area contributed by atoms with Crippen LogP contribution in [0.15, 0.2) is 24.3 Å². The lowest BCUT2D eigenvalue weighted by molar-refractivity contribution is 0.344. The first-order valence-corrected chi connectivity index (χ1v) is 5.96. The van der Waals surface area contributed by atoms with Crippen LogP contribution >= 0.6 is 0 Å². The summed E-state index contributed by atoms with van der Waals surface area (Å²) in [6.07, 6.45) is 0. The molecule has 1 rings (SSSR count). The molecule has 3 heteroatoms. The van der Waals surface area contributed by atoms with Crippen molar-refractivity contribution < 1.29 is 4.74 Å². The predicted molar refractivity (Wildman–Crippen MR) is 71.3 cm³/mol. The number of hydrogen-bond donors (Lipinski definition) is 1. The van der Waals surface area contributed by atoms with E-state index in [1.165, 1.54) is 0 Å². The maximum absolute atomic E-state index is 5.68. The van der Waals surface area contributed by atoms with Crippen LogP contribution in [-0.2, 0) is 6.54 Å². The van der Waals surface area contributed by atoms with E-state index in [0.29, 0.717) is 12.6 Å². The fraction of sp³-hybridized carbons (Fsp3) is 0.500. The van der Waals surface area contributed by atoms with Gasteiger partial charge in [0, 0.05) is 18.3 Å². The van der Waals surface area contributed by atoms with Crippen LogP contribution in [0.2, 0.25) is 0 Å². The van der Waals surface area contributed by atoms with Gasteiger partial charge in [0.1, 0.15) is 12.4 Å². The van der Waals surface area contributed by atoms with Crippen LogP contribution in [0.25, 0.3) is 0 Å². The Morgan fingerprint density at radius 3 is 2.76 bits per heavy atom. The highest BCUT2D eigenvalue weighted by atomic mass is 16.5. The molecule has 1 aromatic rings. The minimum atomic E-state index is 0.436. The lowest BCUT2D eigenvalue weighted by Crippen LogP contribution is -2.23. The van der Waals surface area contributed by atoms with Crippen molar-refractivity contribution in [3.05, 3.63) is 35.7 Å². The number of ether oxygens (including phenoxy) is 1. The van der Waals surface area contributed by atoms with Crippen molar-refractivity contribution in [3.8, 4) is 5.75 Å². The smallest absolute Gasteiger partial charge is 0.142 e. The summed E-state index contributed by atoms with van der Waals surface area (Å²) in [5.41, 5.74) is 2.97. The van der Waals surface area contributed by atoms with Gasteiger partial charge < -0.3 is 10.1 Å². The third-order valence-corrected chi connectivity index (χ3v) is 2.22. The highest BCUT2D eigenvalue weighted by Gasteiger charge is 2.06. The van der Waals surface area contributed by atoms with Crippen LogP contribution in [0.1, 0.15) is 32.2 Å². The summed E-state index contributed by atoms with van der Waals surface area (Å²) in [4.78, 5) is 4.51. The fourth-order valence-electron chi connectivity index (χ4n) is 1.36. The van der Waals surface area contributed by atoms with Crippen molar-refractivity contribution in [2.24, 2.45) is 0 Å². The van der Waals surface area contributed by atoms with Gasteiger partial charge in [-0.15, -0.1) is 0 Å². The molecule has 0 unspecified atom stereocenters. The number of aryl methyl sites for hydroxylation is 1. The van der Waals surface area contributed by atoms with Gasteiger partial charge in [-0.1, -0.05) is 20.4 Å². The maximum Gasteiger partial charge on any atom is 0.142 e. The standard InChI is InChI=1S/C14H22N2O/c1-10(2)9-17-14-7-6-12(5)16-13(14)8-15-11(3)4/h6-7,11,15H,1,8-9H2,2-5H3. The van der Waals surface area contributed by atoms with Crippen LogP contribution in [0.5, 0.6) is 5.75 Å². The van der Waals surface area contributed by atoms with E-state index in [1.807, 2.05) is 26.0 Å². The molecule has 3 nitrogen and oxygen atoms in total. The maximum atomic E-state index is 5.68. The molecule has 1 N–H and O–H groups in total. The van der Waals surface area contributed by atoms with Crippen molar-refractivity contribution in [2.45, 2.75) is 40.3 Å². The van der Waals surface area contributed by atoms with Crippen molar-refractivity contribution >= 4 is 0 Å². The van der Waals surface area contributed by atoms with Crippen LogP contribution in [0.3, 0.4) is 0 Å². The van der Waals surface area contributed by atoms with E-state index >= 15 is 0 Å². The summed E-state index contributed by atoms with van der Waals surface area (Å²) in [7, 11) is 0. The molecular weight excluding hydrogens is 212 g/mol. The Morgan fingerprint density at radius 2 is 2.18 bits per heavy atom. The molecule has 0 aliphatic carbocycles. The molecule has 1 aromatic heterocycles. The summed E-state index contributed by atoms with van der Waals surface area (Å²) >= 11 is 0. The minimum Gasteiger partial charge on any atom is -0.487 e. The molecule has 1 heterocycles. The Labute approximate surface area is 104 Å². The molecule has 0 aliphatic rings. The molecular formula is C14H22N2O. The number of aromatic nitrogens is 1. The zero-order valence-electron chi connectivity index (χ0n) is 11.2. The largest absolute Gasteiger partial charge is 0.487 e. The molecule has 17 heavy (non-hydrogen) atoms. The molecule has 0 aliphatic heterocycles. The minimum absolute atomic E-state index is 0.436. The topological polar surface area (TPSA) is 34.1 Å². The lowest BCUT2D eigenvalue weighted by atomic mass is 10.2. The summed E-state index contributed by atoms with van der Waals surface area (Å²) < 4.78 is 5.68. The molecule has 0 fully saturated rings. The van der Waals surface area contributed by atoms with Gasteiger partial charge in [0.25, 0.3) is 0 Å². The molecule has 0 radical (unpaired) electrons. The number of hydrogen-bond acceptors (Lipinski definition) is 3. The monoisotopic (exact) mass is 234 g/mol. The van der Waals surface area contributed by atoms with Crippen LogP contribution in [0, 0.1) is 6.92 Å². The van der Waals surface area contributed by atoms with Crippen molar-refractivity contribution in [1.82, 2.24) is 10.3 Å². The predicted octanol–water partition coefficient (Wildman–Crippen LogP) is 2.84. The second kappa shape index (κ2) is 6.40. The zero-order chi connectivity index (χ0) is 12.8. The van der Waals surface area contributed by atoms with E-state index in [2.05, 4.69) is 30.7 Å². The molecule has 0 saturated carbocycles. The van der Waals surface area contributed by atoms with Gasteiger partial charge in [0.05, 0.1) is 5.69 Å². The van der Waals surface area contributed by atoms with E-state index in [4.69, 9.17) is 4.74 Å². The molecule has 0 bridgehead atoms. The van der Waals surface area contributed by atoms with E-state index < -0.39 is 0 Å². The normalized spacial score (nSPS) is 10.6. The molecule has 0 amide bonds. The molecule has 0 atom stereocenters. The van der Waals surface area contributed by atoms with Gasteiger partial charge in [0.15, 0.2) is 0 Å². The summed E-state index contributed by atoms with van der Waals surface area (Å²) in [6, 6.07) is 4.38.